The van der Waals surface area contributed by atoms with Crippen molar-refractivity contribution in [2.45, 2.75) is 38.4 Å². The van der Waals surface area contributed by atoms with E-state index in [2.05, 4.69) is 21.1 Å². The summed E-state index contributed by atoms with van der Waals surface area (Å²) in [6.45, 7) is 6.73. The Labute approximate surface area is 167 Å². The molecule has 2 aromatic heterocycles. The van der Waals surface area contributed by atoms with Crippen LogP contribution in [0.25, 0.3) is 11.3 Å². The quantitative estimate of drug-likeness (QED) is 0.822. The number of nitriles is 1. The Morgan fingerprint density at radius 1 is 1.28 bits per heavy atom. The smallest absolute Gasteiger partial charge is 0.383 e. The molecule has 1 aliphatic heterocycles. The van der Waals surface area contributed by atoms with E-state index in [1.165, 1.54) is 6.20 Å². The van der Waals surface area contributed by atoms with Crippen molar-refractivity contribution in [1.82, 2.24) is 19.7 Å². The van der Waals surface area contributed by atoms with Gasteiger partial charge in [0.1, 0.15) is 5.82 Å². The highest BCUT2D eigenvalue weighted by atomic mass is 19.4. The summed E-state index contributed by atoms with van der Waals surface area (Å²) in [7, 11) is 0. The Balaban J connectivity index is 1.61. The zero-order valence-electron chi connectivity index (χ0n) is 16.3. The lowest BCUT2D eigenvalue weighted by Crippen LogP contribution is -2.25. The number of anilines is 1. The Morgan fingerprint density at radius 2 is 1.97 bits per heavy atom. The monoisotopic (exact) mass is 404 g/mol. The summed E-state index contributed by atoms with van der Waals surface area (Å²) in [4.78, 5) is 6.05. The van der Waals surface area contributed by atoms with E-state index in [1.54, 1.807) is 0 Å². The summed E-state index contributed by atoms with van der Waals surface area (Å²) in [5, 5.41) is 13.4. The number of hydrogen-bond acceptors (Lipinski definition) is 5. The fourth-order valence-electron chi connectivity index (χ4n) is 4.50. The molecule has 0 amide bonds. The average molecular weight is 404 g/mol. The molecule has 0 spiro atoms. The van der Waals surface area contributed by atoms with Gasteiger partial charge in [0.25, 0.3) is 0 Å². The topological polar surface area (TPSA) is 83.8 Å². The van der Waals surface area contributed by atoms with Crippen LogP contribution in [0.3, 0.4) is 0 Å². The van der Waals surface area contributed by atoms with Gasteiger partial charge in [-0.1, -0.05) is 0 Å². The largest absolute Gasteiger partial charge is 0.419 e. The molecular formula is C20H23F3N6. The molecule has 0 unspecified atom stereocenters. The van der Waals surface area contributed by atoms with E-state index in [9.17, 15) is 13.2 Å². The van der Waals surface area contributed by atoms with Gasteiger partial charge in [0.05, 0.1) is 17.3 Å². The molecule has 9 heteroatoms. The highest BCUT2D eigenvalue weighted by Crippen LogP contribution is 2.58. The van der Waals surface area contributed by atoms with Gasteiger partial charge in [-0.05, 0) is 37.8 Å². The Kier molecular flexibility index (Phi) is 4.77. The maximum absolute atomic E-state index is 13.2. The lowest BCUT2D eigenvalue weighted by Gasteiger charge is -2.19. The molecule has 1 aliphatic carbocycles. The van der Waals surface area contributed by atoms with Gasteiger partial charge in [0.15, 0.2) is 0 Å². The lowest BCUT2D eigenvalue weighted by atomic mass is 10.1. The van der Waals surface area contributed by atoms with Crippen LogP contribution in [0.15, 0.2) is 18.3 Å². The number of likely N-dealkylation sites (tertiary alicyclic amines) is 1. The minimum Gasteiger partial charge on any atom is -0.383 e. The van der Waals surface area contributed by atoms with Crippen LogP contribution < -0.4 is 5.73 Å². The molecule has 6 nitrogen and oxygen atoms in total. The second kappa shape index (κ2) is 7.02. The highest BCUT2D eigenvalue weighted by molar-refractivity contribution is 5.63. The molecular weight excluding hydrogens is 381 g/mol. The van der Waals surface area contributed by atoms with Crippen LogP contribution in [0.2, 0.25) is 0 Å². The summed E-state index contributed by atoms with van der Waals surface area (Å²) in [6, 6.07) is 5.20. The first-order valence-corrected chi connectivity index (χ1v) is 9.72. The number of pyridine rings is 1. The summed E-state index contributed by atoms with van der Waals surface area (Å²) in [5.74, 6) is 0.872. The van der Waals surface area contributed by atoms with E-state index in [4.69, 9.17) is 11.0 Å². The third kappa shape index (κ3) is 3.57. The highest BCUT2D eigenvalue weighted by Gasteiger charge is 2.57. The van der Waals surface area contributed by atoms with Crippen molar-refractivity contribution >= 4 is 5.82 Å². The molecule has 0 bridgehead atoms. The van der Waals surface area contributed by atoms with Gasteiger partial charge in [0, 0.05) is 55.5 Å². The van der Waals surface area contributed by atoms with Crippen LogP contribution in [0.1, 0.15) is 43.5 Å². The van der Waals surface area contributed by atoms with E-state index in [-0.39, 0.29) is 6.04 Å². The number of piperidine rings is 1. The van der Waals surface area contributed by atoms with Crippen molar-refractivity contribution in [3.05, 3.63) is 29.6 Å². The van der Waals surface area contributed by atoms with Crippen molar-refractivity contribution in [1.29, 1.82) is 5.26 Å². The number of alkyl halides is 3. The fourth-order valence-corrected chi connectivity index (χ4v) is 4.50. The predicted molar refractivity (Wildman–Crippen MR) is 102 cm³/mol. The van der Waals surface area contributed by atoms with Gasteiger partial charge < -0.3 is 10.6 Å². The van der Waals surface area contributed by atoms with Gasteiger partial charge in [0.2, 0.25) is 0 Å². The first kappa shape index (κ1) is 19.7. The second-order valence-electron chi connectivity index (χ2n) is 8.17. The van der Waals surface area contributed by atoms with Crippen LogP contribution in [0, 0.1) is 23.2 Å². The second-order valence-corrected chi connectivity index (χ2v) is 8.17. The van der Waals surface area contributed by atoms with Crippen molar-refractivity contribution in [3.8, 4) is 17.3 Å². The van der Waals surface area contributed by atoms with Crippen molar-refractivity contribution in [2.24, 2.45) is 11.8 Å². The molecule has 0 aromatic carbocycles. The molecule has 154 valence electrons. The number of nitrogens with zero attached hydrogens (tertiary/aromatic N) is 5. The van der Waals surface area contributed by atoms with E-state index in [1.807, 2.05) is 24.6 Å². The minimum atomic E-state index is -4.56. The third-order valence-corrected chi connectivity index (χ3v) is 5.92. The van der Waals surface area contributed by atoms with E-state index >= 15 is 0 Å². The average Bonchev–Trinajstić information content (AvgIpc) is 3.00. The summed E-state index contributed by atoms with van der Waals surface area (Å²) < 4.78 is 41.5. The van der Waals surface area contributed by atoms with Gasteiger partial charge >= 0.3 is 6.18 Å². The summed E-state index contributed by atoms with van der Waals surface area (Å²) >= 11 is 0. The number of aromatic nitrogens is 3. The molecule has 29 heavy (non-hydrogen) atoms. The van der Waals surface area contributed by atoms with Gasteiger partial charge in [-0.2, -0.15) is 23.5 Å². The Bertz CT molecular complexity index is 946. The molecule has 2 aliphatic rings. The molecule has 3 heterocycles. The van der Waals surface area contributed by atoms with Crippen LogP contribution in [-0.4, -0.2) is 39.3 Å². The Hall–Kier alpha value is -2.60. The molecule has 2 aromatic rings. The molecule has 0 radical (unpaired) electrons. The maximum Gasteiger partial charge on any atom is 0.419 e. The molecule has 2 fully saturated rings. The number of hydrogen-bond donors (Lipinski definition) is 1. The minimum absolute atomic E-state index is 0.0959. The van der Waals surface area contributed by atoms with Gasteiger partial charge in [-0.25, -0.2) is 4.98 Å². The van der Waals surface area contributed by atoms with Gasteiger partial charge in [-0.15, -0.1) is 0 Å². The SMILES string of the molecule is CC(C)n1nc(-c2cnc(N)c(C(F)(F)F)c2)cc1[C@H]1[C@@H]2CN(CCC#N)C[C@@H]21. The van der Waals surface area contributed by atoms with Crippen molar-refractivity contribution < 1.29 is 13.2 Å². The number of halogens is 3. The van der Waals surface area contributed by atoms with E-state index in [0.29, 0.717) is 35.4 Å². The maximum atomic E-state index is 13.2. The number of fused-ring (bicyclic) bond motifs is 1. The van der Waals surface area contributed by atoms with Crippen molar-refractivity contribution in [3.63, 3.8) is 0 Å². The number of nitrogen functional groups attached to an aromatic ring is 1. The first-order chi connectivity index (χ1) is 13.7. The van der Waals surface area contributed by atoms with Crippen LogP contribution >= 0.6 is 0 Å². The van der Waals surface area contributed by atoms with E-state index in [0.717, 1.165) is 31.4 Å². The van der Waals surface area contributed by atoms with Crippen LogP contribution in [0.5, 0.6) is 0 Å². The van der Waals surface area contributed by atoms with Crippen molar-refractivity contribution in [2.75, 3.05) is 25.4 Å². The standard InChI is InChI=1S/C20H23F3N6/c1-11(2)29-17(18-13-9-28(5-3-4-24)10-14(13)18)7-16(27-29)12-6-15(20(21,22)23)19(25)26-8-12/h6-8,11,13-14,18H,3,5,9-10H2,1-2H3,(H2,25,26)/t13-,14+,18+. The van der Waals surface area contributed by atoms with Gasteiger partial charge in [-0.3, -0.25) is 4.68 Å². The zero-order valence-corrected chi connectivity index (χ0v) is 16.3. The summed E-state index contributed by atoms with van der Waals surface area (Å²) in [5.41, 5.74) is 6.35. The molecule has 2 N–H and O–H groups in total. The lowest BCUT2D eigenvalue weighted by molar-refractivity contribution is -0.137. The fraction of sp³-hybridized carbons (Fsp3) is 0.550. The van der Waals surface area contributed by atoms with Crippen LogP contribution in [0.4, 0.5) is 19.0 Å². The van der Waals surface area contributed by atoms with Crippen LogP contribution in [-0.2, 0) is 6.18 Å². The Morgan fingerprint density at radius 3 is 2.55 bits per heavy atom. The molecule has 3 atom stereocenters. The molecule has 4 rings (SSSR count). The number of rotatable bonds is 5. The summed E-state index contributed by atoms with van der Waals surface area (Å²) in [6.07, 6.45) is -2.68. The molecule has 1 saturated heterocycles. The normalized spacial score (nSPS) is 24.0. The third-order valence-electron chi connectivity index (χ3n) is 5.92. The zero-order chi connectivity index (χ0) is 20.9. The molecule has 1 saturated carbocycles. The first-order valence-electron chi connectivity index (χ1n) is 9.72. The van der Waals surface area contributed by atoms with E-state index < -0.39 is 17.6 Å². The number of nitrogens with two attached hydrogens (primary N) is 1. The predicted octanol–water partition coefficient (Wildman–Crippen LogP) is 3.69.